The van der Waals surface area contributed by atoms with Crippen LogP contribution in [0.2, 0.25) is 0 Å². The minimum absolute atomic E-state index is 0.0398. The van der Waals surface area contributed by atoms with Crippen molar-refractivity contribution >= 4 is 33.0 Å². The molecule has 0 atom stereocenters. The third kappa shape index (κ3) is 6.05. The largest absolute Gasteiger partial charge is 0.365 e. The number of sulfonamides is 1. The summed E-state index contributed by atoms with van der Waals surface area (Å²) in [6.45, 7) is 0.982. The molecule has 1 saturated heterocycles. The molecule has 2 aliphatic carbocycles. The first kappa shape index (κ1) is 26.5. The van der Waals surface area contributed by atoms with Crippen molar-refractivity contribution in [1.82, 2.24) is 23.8 Å². The zero-order valence-electron chi connectivity index (χ0n) is 22.5. The molecule has 0 bridgehead atoms. The van der Waals surface area contributed by atoms with Crippen molar-refractivity contribution in [3.8, 4) is 0 Å². The molecule has 11 heteroatoms. The Labute approximate surface area is 230 Å². The maximum absolute atomic E-state index is 13.0. The van der Waals surface area contributed by atoms with E-state index in [1.807, 2.05) is 36.7 Å². The van der Waals surface area contributed by atoms with Gasteiger partial charge in [-0.05, 0) is 56.9 Å². The number of rotatable bonds is 8. The number of fused-ring (bicyclic) bond motifs is 1. The van der Waals surface area contributed by atoms with E-state index in [1.165, 1.54) is 12.8 Å². The lowest BCUT2D eigenvalue weighted by molar-refractivity contribution is 0.329. The Kier molecular flexibility index (Phi) is 7.72. The molecule has 3 fully saturated rings. The van der Waals surface area contributed by atoms with Crippen LogP contribution >= 0.6 is 0 Å². The van der Waals surface area contributed by atoms with E-state index < -0.39 is 10.0 Å². The van der Waals surface area contributed by atoms with Gasteiger partial charge >= 0.3 is 0 Å². The van der Waals surface area contributed by atoms with Crippen LogP contribution < -0.4 is 16.4 Å². The number of benzene rings is 1. The number of nitrogens with zero attached hydrogens (tertiary/aromatic N) is 5. The molecule has 4 N–H and O–H groups in total. The summed E-state index contributed by atoms with van der Waals surface area (Å²) in [5.74, 6) is 1.41. The number of nitrogens with one attached hydrogen (secondary N) is 2. The minimum Gasteiger partial charge on any atom is -0.365 e. The zero-order valence-corrected chi connectivity index (χ0v) is 23.3. The summed E-state index contributed by atoms with van der Waals surface area (Å²) in [4.78, 5) is 14.6. The maximum Gasteiger partial charge on any atom is 0.227 e. The lowest BCUT2D eigenvalue weighted by Crippen LogP contribution is -2.43. The second kappa shape index (κ2) is 11.4. The second-order valence-corrected chi connectivity index (χ2v) is 13.4. The SMILES string of the molecule is NC1CCC(Nc2nc(NC3CCN(S(=O)(=O)Cc4ccccc4)CC3)c3ncn(C4CCCC4)c3n2)CC1. The molecule has 1 aliphatic heterocycles. The fraction of sp³-hybridized carbons (Fsp3) is 0.607. The van der Waals surface area contributed by atoms with Crippen molar-refractivity contribution in [2.45, 2.75) is 94.1 Å². The van der Waals surface area contributed by atoms with Crippen LogP contribution in [0.25, 0.3) is 11.2 Å². The van der Waals surface area contributed by atoms with Gasteiger partial charge < -0.3 is 20.9 Å². The molecule has 3 heterocycles. The van der Waals surface area contributed by atoms with Crippen LogP contribution in [0.3, 0.4) is 0 Å². The third-order valence-corrected chi connectivity index (χ3v) is 10.5. The molecule has 39 heavy (non-hydrogen) atoms. The van der Waals surface area contributed by atoms with E-state index >= 15 is 0 Å². The van der Waals surface area contributed by atoms with Gasteiger partial charge in [-0.15, -0.1) is 0 Å². The first-order valence-electron chi connectivity index (χ1n) is 14.5. The molecule has 6 rings (SSSR count). The lowest BCUT2D eigenvalue weighted by Gasteiger charge is -2.32. The predicted octanol–water partition coefficient (Wildman–Crippen LogP) is 4.03. The Bertz CT molecular complexity index is 1360. The van der Waals surface area contributed by atoms with E-state index in [9.17, 15) is 8.42 Å². The Balaban J connectivity index is 1.18. The molecule has 0 unspecified atom stereocenters. The molecule has 10 nitrogen and oxygen atoms in total. The van der Waals surface area contributed by atoms with Crippen molar-refractivity contribution in [3.63, 3.8) is 0 Å². The average Bonchev–Trinajstić information content (AvgIpc) is 3.61. The van der Waals surface area contributed by atoms with Gasteiger partial charge in [0.15, 0.2) is 17.0 Å². The number of hydrogen-bond acceptors (Lipinski definition) is 8. The second-order valence-electron chi connectivity index (χ2n) is 11.5. The van der Waals surface area contributed by atoms with Crippen LogP contribution in [-0.2, 0) is 15.8 Å². The Hall–Kier alpha value is -2.76. The smallest absolute Gasteiger partial charge is 0.227 e. The maximum atomic E-state index is 13.0. The quantitative estimate of drug-likeness (QED) is 0.382. The summed E-state index contributed by atoms with van der Waals surface area (Å²) in [6, 6.07) is 10.5. The average molecular weight is 553 g/mol. The highest BCUT2D eigenvalue weighted by Gasteiger charge is 2.30. The van der Waals surface area contributed by atoms with Gasteiger partial charge in [0, 0.05) is 37.3 Å². The summed E-state index contributed by atoms with van der Waals surface area (Å²) in [5, 5.41) is 7.21. The lowest BCUT2D eigenvalue weighted by atomic mass is 9.92. The molecule has 210 valence electrons. The van der Waals surface area contributed by atoms with Crippen LogP contribution in [0.5, 0.6) is 0 Å². The van der Waals surface area contributed by atoms with Crippen LogP contribution in [-0.4, -0.2) is 63.5 Å². The van der Waals surface area contributed by atoms with E-state index in [0.29, 0.717) is 44.0 Å². The number of aromatic nitrogens is 4. The normalized spacial score (nSPS) is 23.8. The number of anilines is 2. The van der Waals surface area contributed by atoms with Crippen molar-refractivity contribution in [2.24, 2.45) is 5.73 Å². The minimum atomic E-state index is -3.36. The van der Waals surface area contributed by atoms with E-state index in [1.54, 1.807) is 4.31 Å². The van der Waals surface area contributed by atoms with E-state index in [0.717, 1.165) is 61.1 Å². The molecular weight excluding hydrogens is 512 g/mol. The summed E-state index contributed by atoms with van der Waals surface area (Å²) >= 11 is 0. The molecule has 0 amide bonds. The van der Waals surface area contributed by atoms with Crippen LogP contribution in [0.4, 0.5) is 11.8 Å². The van der Waals surface area contributed by atoms with E-state index in [-0.39, 0.29) is 17.8 Å². The fourth-order valence-corrected chi connectivity index (χ4v) is 7.89. The predicted molar refractivity (Wildman–Crippen MR) is 154 cm³/mol. The van der Waals surface area contributed by atoms with Gasteiger partial charge in [-0.25, -0.2) is 17.7 Å². The van der Waals surface area contributed by atoms with Crippen LogP contribution in [0.15, 0.2) is 36.7 Å². The highest BCUT2D eigenvalue weighted by Crippen LogP contribution is 2.34. The Morgan fingerprint density at radius 2 is 1.56 bits per heavy atom. The van der Waals surface area contributed by atoms with Gasteiger partial charge in [0.05, 0.1) is 12.1 Å². The molecule has 2 saturated carbocycles. The van der Waals surface area contributed by atoms with Gasteiger partial charge in [-0.2, -0.15) is 9.97 Å². The van der Waals surface area contributed by atoms with Gasteiger partial charge in [-0.1, -0.05) is 43.2 Å². The number of nitrogens with two attached hydrogens (primary N) is 1. The molecule has 3 aliphatic rings. The standard InChI is InChI=1S/C28H40N8O2S/c29-21-10-12-22(13-11-21)32-28-33-26(25-27(34-28)36(19-30-25)24-8-4-5-9-24)31-23-14-16-35(17-15-23)39(37,38)18-20-6-2-1-3-7-20/h1-3,6-7,19,21-24H,4-5,8-18,29H2,(H2,31,32,33,34). The highest BCUT2D eigenvalue weighted by atomic mass is 32.2. The topological polar surface area (TPSA) is 131 Å². The van der Waals surface area contributed by atoms with Crippen molar-refractivity contribution in [2.75, 3.05) is 23.7 Å². The first-order valence-corrected chi connectivity index (χ1v) is 16.1. The van der Waals surface area contributed by atoms with Crippen molar-refractivity contribution in [3.05, 3.63) is 42.2 Å². The first-order chi connectivity index (χ1) is 18.9. The van der Waals surface area contributed by atoms with Crippen LogP contribution in [0.1, 0.15) is 75.8 Å². The van der Waals surface area contributed by atoms with Gasteiger partial charge in [0.2, 0.25) is 16.0 Å². The summed E-state index contributed by atoms with van der Waals surface area (Å²) < 4.78 is 29.9. The number of piperidine rings is 1. The highest BCUT2D eigenvalue weighted by molar-refractivity contribution is 7.88. The van der Waals surface area contributed by atoms with Crippen LogP contribution in [0, 0.1) is 0 Å². The van der Waals surface area contributed by atoms with E-state index in [4.69, 9.17) is 20.7 Å². The summed E-state index contributed by atoms with van der Waals surface area (Å²) in [5.41, 5.74) is 8.60. The zero-order chi connectivity index (χ0) is 26.8. The fourth-order valence-electron chi connectivity index (χ4n) is 6.33. The molecule has 2 aromatic heterocycles. The molecule has 1 aromatic carbocycles. The van der Waals surface area contributed by atoms with E-state index in [2.05, 4.69) is 15.2 Å². The van der Waals surface area contributed by atoms with Gasteiger partial charge in [0.25, 0.3) is 0 Å². The molecular formula is C28H40N8O2S. The summed E-state index contributed by atoms with van der Waals surface area (Å²) in [7, 11) is -3.36. The van der Waals surface area contributed by atoms with Crippen molar-refractivity contribution in [1.29, 1.82) is 0 Å². The number of imidazole rings is 1. The van der Waals surface area contributed by atoms with Gasteiger partial charge in [0.1, 0.15) is 0 Å². The number of hydrogen-bond donors (Lipinski definition) is 3. The molecule has 0 radical (unpaired) electrons. The third-order valence-electron chi connectivity index (χ3n) is 8.62. The Morgan fingerprint density at radius 1 is 0.872 bits per heavy atom. The summed E-state index contributed by atoms with van der Waals surface area (Å²) in [6.07, 6.45) is 12.2. The Morgan fingerprint density at radius 3 is 2.28 bits per heavy atom. The molecule has 3 aromatic rings. The monoisotopic (exact) mass is 552 g/mol. The van der Waals surface area contributed by atoms with Crippen molar-refractivity contribution < 1.29 is 8.42 Å². The molecule has 0 spiro atoms. The van der Waals surface area contributed by atoms with Gasteiger partial charge in [-0.3, -0.25) is 0 Å².